The fraction of sp³-hybridized carbons (Fsp3) is 0.387. The van der Waals surface area contributed by atoms with Gasteiger partial charge in [-0.05, 0) is 48.2 Å². The molecule has 1 aromatic heterocycles. The molecule has 0 spiro atoms. The lowest BCUT2D eigenvalue weighted by atomic mass is 10.1. The molecule has 8 nitrogen and oxygen atoms in total. The van der Waals surface area contributed by atoms with Crippen molar-refractivity contribution in [1.82, 2.24) is 14.8 Å². The van der Waals surface area contributed by atoms with Crippen molar-refractivity contribution in [3.05, 3.63) is 84.2 Å². The molecule has 2 aromatic carbocycles. The topological polar surface area (TPSA) is 69.2 Å². The first-order valence-corrected chi connectivity index (χ1v) is 13.6. The highest BCUT2D eigenvalue weighted by molar-refractivity contribution is 5.92. The molecule has 8 heteroatoms. The molecule has 1 aliphatic rings. The number of aromatic nitrogens is 1. The minimum Gasteiger partial charge on any atom is -0.484 e. The van der Waals surface area contributed by atoms with Crippen LogP contribution in [0.15, 0.2) is 73.1 Å². The summed E-state index contributed by atoms with van der Waals surface area (Å²) in [4.78, 5) is 38.5. The number of ether oxygens (including phenoxy) is 1. The second-order valence-electron chi connectivity index (χ2n) is 10.1. The summed E-state index contributed by atoms with van der Waals surface area (Å²) in [5.41, 5.74) is 3.99. The zero-order valence-corrected chi connectivity index (χ0v) is 23.3. The molecule has 4 rings (SSSR count). The molecule has 0 saturated carbocycles. The predicted octanol–water partition coefficient (Wildman–Crippen LogP) is 4.20. The quantitative estimate of drug-likeness (QED) is 0.477. The molecule has 0 radical (unpaired) electrons. The van der Waals surface area contributed by atoms with Crippen molar-refractivity contribution < 1.29 is 14.3 Å². The van der Waals surface area contributed by atoms with Crippen molar-refractivity contribution in [3.63, 3.8) is 0 Å². The highest BCUT2D eigenvalue weighted by Gasteiger charge is 2.22. The van der Waals surface area contributed by atoms with Crippen LogP contribution in [0.25, 0.3) is 0 Å². The maximum absolute atomic E-state index is 13.5. The van der Waals surface area contributed by atoms with Crippen LogP contribution in [0.3, 0.4) is 0 Å². The number of carbonyl (C=O) groups is 2. The van der Waals surface area contributed by atoms with Gasteiger partial charge in [0.2, 0.25) is 5.91 Å². The van der Waals surface area contributed by atoms with Crippen molar-refractivity contribution in [1.29, 1.82) is 0 Å². The molecule has 0 saturated heterocycles. The summed E-state index contributed by atoms with van der Waals surface area (Å²) in [6.45, 7) is 5.66. The van der Waals surface area contributed by atoms with Crippen molar-refractivity contribution in [2.45, 2.75) is 32.9 Å². The monoisotopic (exact) mass is 529 g/mol. The fourth-order valence-electron chi connectivity index (χ4n) is 4.90. The molecule has 3 aromatic rings. The number of para-hydroxylation sites is 1. The Hall–Kier alpha value is -3.91. The largest absolute Gasteiger partial charge is 0.484 e. The zero-order valence-electron chi connectivity index (χ0n) is 23.3. The van der Waals surface area contributed by atoms with Gasteiger partial charge in [-0.3, -0.25) is 19.5 Å². The van der Waals surface area contributed by atoms with Gasteiger partial charge in [-0.1, -0.05) is 30.3 Å². The van der Waals surface area contributed by atoms with Crippen LogP contribution >= 0.6 is 0 Å². The van der Waals surface area contributed by atoms with E-state index >= 15 is 0 Å². The van der Waals surface area contributed by atoms with Gasteiger partial charge in [0.25, 0.3) is 5.91 Å². The van der Waals surface area contributed by atoms with E-state index in [1.165, 1.54) is 0 Å². The van der Waals surface area contributed by atoms with E-state index in [1.807, 2.05) is 89.6 Å². The highest BCUT2D eigenvalue weighted by atomic mass is 16.5. The van der Waals surface area contributed by atoms with E-state index in [0.717, 1.165) is 55.0 Å². The molecular formula is C31H39N5O3. The third-order valence-electron chi connectivity index (χ3n) is 6.96. The molecule has 0 aliphatic carbocycles. The Morgan fingerprint density at radius 3 is 2.49 bits per heavy atom. The summed E-state index contributed by atoms with van der Waals surface area (Å²) in [6, 6.07) is 19.7. The maximum Gasteiger partial charge on any atom is 0.260 e. The van der Waals surface area contributed by atoms with Gasteiger partial charge in [0.1, 0.15) is 5.75 Å². The molecule has 39 heavy (non-hydrogen) atoms. The molecule has 0 fully saturated rings. The first kappa shape index (κ1) is 28.1. The Kier molecular flexibility index (Phi) is 9.91. The number of carbonyl (C=O) groups excluding carboxylic acids is 2. The lowest BCUT2D eigenvalue weighted by molar-refractivity contribution is -0.134. The van der Waals surface area contributed by atoms with Gasteiger partial charge in [0.05, 0.1) is 0 Å². The Morgan fingerprint density at radius 2 is 1.74 bits per heavy atom. The molecular weight excluding hydrogens is 490 g/mol. The normalized spacial score (nSPS) is 15.1. The van der Waals surface area contributed by atoms with Crippen LogP contribution in [0.5, 0.6) is 5.75 Å². The summed E-state index contributed by atoms with van der Waals surface area (Å²) >= 11 is 0. The Labute approximate surface area is 231 Å². The number of amides is 2. The third-order valence-corrected chi connectivity index (χ3v) is 6.96. The third kappa shape index (κ3) is 8.04. The number of nitrogens with zero attached hydrogens (tertiary/aromatic N) is 5. The van der Waals surface area contributed by atoms with E-state index in [0.29, 0.717) is 25.4 Å². The zero-order chi connectivity index (χ0) is 27.6. The number of rotatable bonds is 6. The highest BCUT2D eigenvalue weighted by Crippen LogP contribution is 2.24. The van der Waals surface area contributed by atoms with E-state index in [9.17, 15) is 9.59 Å². The number of hydrogen-bond donors (Lipinski definition) is 0. The van der Waals surface area contributed by atoms with Crippen LogP contribution in [-0.2, 0) is 22.7 Å². The number of hydrogen-bond acceptors (Lipinski definition) is 6. The van der Waals surface area contributed by atoms with Crippen molar-refractivity contribution >= 4 is 23.2 Å². The van der Waals surface area contributed by atoms with E-state index in [2.05, 4.69) is 16.0 Å². The first-order valence-electron chi connectivity index (χ1n) is 13.6. The van der Waals surface area contributed by atoms with E-state index in [4.69, 9.17) is 4.74 Å². The number of pyridine rings is 1. The minimum atomic E-state index is -0.0784. The van der Waals surface area contributed by atoms with Crippen LogP contribution in [0.2, 0.25) is 0 Å². The molecule has 0 atom stereocenters. The molecule has 1 aliphatic heterocycles. The fourth-order valence-corrected chi connectivity index (χ4v) is 4.90. The van der Waals surface area contributed by atoms with E-state index < -0.39 is 0 Å². The summed E-state index contributed by atoms with van der Waals surface area (Å²) < 4.78 is 5.93. The van der Waals surface area contributed by atoms with Gasteiger partial charge in [-0.2, -0.15) is 0 Å². The van der Waals surface area contributed by atoms with E-state index in [1.54, 1.807) is 13.1 Å². The van der Waals surface area contributed by atoms with Gasteiger partial charge >= 0.3 is 0 Å². The Morgan fingerprint density at radius 1 is 0.949 bits per heavy atom. The number of anilines is 2. The average Bonchev–Trinajstić information content (AvgIpc) is 2.93. The van der Waals surface area contributed by atoms with Crippen molar-refractivity contribution in [2.24, 2.45) is 0 Å². The Bertz CT molecular complexity index is 1230. The molecule has 2 heterocycles. The molecule has 206 valence electrons. The van der Waals surface area contributed by atoms with Crippen molar-refractivity contribution in [2.75, 3.05) is 56.7 Å². The summed E-state index contributed by atoms with van der Waals surface area (Å²) in [6.07, 6.45) is 5.37. The summed E-state index contributed by atoms with van der Waals surface area (Å²) in [5.74, 6) is 0.584. The van der Waals surface area contributed by atoms with Crippen LogP contribution in [0, 0.1) is 0 Å². The average molecular weight is 530 g/mol. The lowest BCUT2D eigenvalue weighted by Crippen LogP contribution is -2.39. The van der Waals surface area contributed by atoms with Crippen LogP contribution in [0.4, 0.5) is 11.4 Å². The van der Waals surface area contributed by atoms with Crippen LogP contribution in [-0.4, -0.2) is 73.5 Å². The first-order chi connectivity index (χ1) is 18.9. The number of fused-ring (bicyclic) bond motifs is 1. The van der Waals surface area contributed by atoms with Gasteiger partial charge < -0.3 is 19.4 Å². The standard InChI is InChI=1S/C31H39N5O3/c1-25(37)36-19-9-17-34(22-26-10-7-15-32-21-26)16-8-18-35(23-27-11-4-5-14-30(27)36)31(38)24-39-29-13-6-12-28(20-29)33(2)3/h4-7,10-15,20-21H,8-9,16-19,22-24H2,1-3H3. The van der Waals surface area contributed by atoms with E-state index in [-0.39, 0.29) is 18.4 Å². The second-order valence-corrected chi connectivity index (χ2v) is 10.1. The lowest BCUT2D eigenvalue weighted by Gasteiger charge is -2.31. The molecule has 0 N–H and O–H groups in total. The molecule has 0 unspecified atom stereocenters. The Balaban J connectivity index is 1.54. The minimum absolute atomic E-state index is 0.000280. The maximum atomic E-state index is 13.5. The smallest absolute Gasteiger partial charge is 0.260 e. The molecule has 0 bridgehead atoms. The predicted molar refractivity (Wildman–Crippen MR) is 155 cm³/mol. The summed E-state index contributed by atoms with van der Waals surface area (Å²) in [5, 5.41) is 0. The number of benzene rings is 2. The van der Waals surface area contributed by atoms with Gasteiger partial charge in [-0.15, -0.1) is 0 Å². The van der Waals surface area contributed by atoms with Crippen LogP contribution in [0.1, 0.15) is 30.9 Å². The second kappa shape index (κ2) is 13.8. The summed E-state index contributed by atoms with van der Waals surface area (Å²) in [7, 11) is 3.94. The van der Waals surface area contributed by atoms with Gasteiger partial charge in [0.15, 0.2) is 6.61 Å². The SMILES string of the molecule is CC(=O)N1CCCN(Cc2cccnc2)CCCN(C(=O)COc2cccc(N(C)C)c2)Cc2ccccc21. The van der Waals surface area contributed by atoms with Crippen LogP contribution < -0.4 is 14.5 Å². The molecule has 2 amide bonds. The van der Waals surface area contributed by atoms with Crippen molar-refractivity contribution in [3.8, 4) is 5.75 Å². The van der Waals surface area contributed by atoms with Gasteiger partial charge in [-0.25, -0.2) is 0 Å². The van der Waals surface area contributed by atoms with Gasteiger partial charge in [0, 0.05) is 90.1 Å².